The van der Waals surface area contributed by atoms with E-state index in [1.807, 2.05) is 0 Å². The Morgan fingerprint density at radius 1 is 1.13 bits per heavy atom. The normalized spacial score (nSPS) is 17.5. The molecule has 0 radical (unpaired) electrons. The molecule has 0 bridgehead atoms. The van der Waals surface area contributed by atoms with Gasteiger partial charge in [0.05, 0.1) is 12.0 Å². The number of nitrogen functional groups attached to an aromatic ring is 1. The Morgan fingerprint density at radius 3 is 2.43 bits per heavy atom. The average molecular weight is 429 g/mol. The maximum atomic E-state index is 13.0. The number of sulfonamides is 1. The van der Waals surface area contributed by atoms with E-state index in [0.717, 1.165) is 0 Å². The Hall–Kier alpha value is -3.17. The van der Waals surface area contributed by atoms with Crippen LogP contribution in [0, 0.1) is 0 Å². The predicted molar refractivity (Wildman–Crippen MR) is 112 cm³/mol. The number of nitrogens with two attached hydrogens (primary N) is 1. The number of amides is 1. The molecule has 0 saturated carbocycles. The van der Waals surface area contributed by atoms with Crippen LogP contribution in [-0.2, 0) is 24.3 Å². The molecule has 1 amide bonds. The van der Waals surface area contributed by atoms with Gasteiger partial charge in [-0.05, 0) is 48.7 Å². The maximum absolute atomic E-state index is 13.0. The van der Waals surface area contributed by atoms with Crippen molar-refractivity contribution in [3.05, 3.63) is 65.9 Å². The van der Waals surface area contributed by atoms with Crippen molar-refractivity contribution in [2.24, 2.45) is 0 Å². The fraction of sp³-hybridized carbons (Fsp3) is 0.238. The van der Waals surface area contributed by atoms with Crippen molar-refractivity contribution in [2.75, 3.05) is 19.4 Å². The number of benzene rings is 2. The number of hydrogen-bond donors (Lipinski definition) is 2. The number of esters is 1. The molecule has 2 aromatic rings. The van der Waals surface area contributed by atoms with Gasteiger partial charge in [0.25, 0.3) is 0 Å². The minimum Gasteiger partial charge on any atom is -0.464 e. The standard InChI is InChI=1S/C21H23N3O5S/c1-29-21(26)18(14-15-9-11-16(22)12-10-15)23-20(25)19-8-5-13-24(19)30(27,28)17-6-3-2-4-7-17/h2-4,6-7,9-12,14,19H,5,8,13,22H2,1H3,(H,23,25)/b18-14-/t19-/m0/s1. The quantitative estimate of drug-likeness (QED) is 0.410. The molecular weight excluding hydrogens is 406 g/mol. The van der Waals surface area contributed by atoms with Gasteiger partial charge in [-0.15, -0.1) is 0 Å². The summed E-state index contributed by atoms with van der Waals surface area (Å²) in [5.41, 5.74) is 6.77. The Bertz CT molecular complexity index is 1050. The molecule has 1 fully saturated rings. The molecule has 8 nitrogen and oxygen atoms in total. The Kier molecular flexibility index (Phi) is 6.53. The molecule has 0 unspecified atom stereocenters. The molecule has 30 heavy (non-hydrogen) atoms. The topological polar surface area (TPSA) is 119 Å². The molecule has 0 aromatic heterocycles. The van der Waals surface area contributed by atoms with Gasteiger partial charge in [0.15, 0.2) is 0 Å². The van der Waals surface area contributed by atoms with E-state index in [2.05, 4.69) is 5.32 Å². The maximum Gasteiger partial charge on any atom is 0.354 e. The fourth-order valence-corrected chi connectivity index (χ4v) is 4.93. The number of anilines is 1. The first-order valence-corrected chi connectivity index (χ1v) is 10.8. The summed E-state index contributed by atoms with van der Waals surface area (Å²) < 4.78 is 31.9. The summed E-state index contributed by atoms with van der Waals surface area (Å²) in [6, 6.07) is 13.7. The largest absolute Gasteiger partial charge is 0.464 e. The minimum atomic E-state index is -3.84. The summed E-state index contributed by atoms with van der Waals surface area (Å²) in [4.78, 5) is 25.2. The first-order chi connectivity index (χ1) is 14.3. The van der Waals surface area contributed by atoms with Crippen LogP contribution in [-0.4, -0.2) is 44.3 Å². The van der Waals surface area contributed by atoms with Gasteiger partial charge in [-0.2, -0.15) is 4.31 Å². The number of ether oxygens (including phenoxy) is 1. The zero-order valence-corrected chi connectivity index (χ0v) is 17.3. The molecule has 158 valence electrons. The first-order valence-electron chi connectivity index (χ1n) is 9.36. The molecule has 3 rings (SSSR count). The van der Waals surface area contributed by atoms with E-state index in [1.54, 1.807) is 42.5 Å². The molecule has 0 spiro atoms. The number of carbonyl (C=O) groups excluding carboxylic acids is 2. The molecule has 1 aliphatic rings. The van der Waals surface area contributed by atoms with Crippen LogP contribution in [0.1, 0.15) is 18.4 Å². The van der Waals surface area contributed by atoms with Gasteiger partial charge in [-0.25, -0.2) is 13.2 Å². The van der Waals surface area contributed by atoms with Crippen molar-refractivity contribution >= 4 is 33.7 Å². The van der Waals surface area contributed by atoms with Crippen LogP contribution in [0.5, 0.6) is 0 Å². The lowest BCUT2D eigenvalue weighted by Crippen LogP contribution is -2.46. The van der Waals surface area contributed by atoms with Crippen molar-refractivity contribution in [3.8, 4) is 0 Å². The number of nitrogens with one attached hydrogen (secondary N) is 1. The van der Waals surface area contributed by atoms with Crippen molar-refractivity contribution in [2.45, 2.75) is 23.8 Å². The molecule has 1 atom stereocenters. The Balaban J connectivity index is 1.84. The van der Waals surface area contributed by atoms with Crippen LogP contribution in [0.3, 0.4) is 0 Å². The molecule has 1 saturated heterocycles. The summed E-state index contributed by atoms with van der Waals surface area (Å²) in [6.45, 7) is 0.227. The third kappa shape index (κ3) is 4.69. The number of nitrogens with zero attached hydrogens (tertiary/aromatic N) is 1. The molecule has 1 heterocycles. The van der Waals surface area contributed by atoms with Crippen LogP contribution in [0.25, 0.3) is 6.08 Å². The summed E-state index contributed by atoms with van der Waals surface area (Å²) in [7, 11) is -2.63. The van der Waals surface area contributed by atoms with Crippen molar-refractivity contribution < 1.29 is 22.7 Å². The van der Waals surface area contributed by atoms with E-state index in [1.165, 1.54) is 29.6 Å². The molecule has 0 aliphatic carbocycles. The second-order valence-electron chi connectivity index (χ2n) is 6.79. The third-order valence-electron chi connectivity index (χ3n) is 4.77. The van der Waals surface area contributed by atoms with Gasteiger partial charge in [-0.3, -0.25) is 4.79 Å². The number of methoxy groups -OCH3 is 1. The van der Waals surface area contributed by atoms with Crippen molar-refractivity contribution in [1.82, 2.24) is 9.62 Å². The van der Waals surface area contributed by atoms with Crippen LogP contribution >= 0.6 is 0 Å². The van der Waals surface area contributed by atoms with Crippen LogP contribution in [0.2, 0.25) is 0 Å². The molecule has 3 N–H and O–H groups in total. The van der Waals surface area contributed by atoms with Gasteiger partial charge in [-0.1, -0.05) is 30.3 Å². The Morgan fingerprint density at radius 2 is 1.80 bits per heavy atom. The van der Waals surface area contributed by atoms with Gasteiger partial charge >= 0.3 is 5.97 Å². The first kappa shape index (κ1) is 21.5. The highest BCUT2D eigenvalue weighted by molar-refractivity contribution is 7.89. The van der Waals surface area contributed by atoms with E-state index in [0.29, 0.717) is 24.1 Å². The van der Waals surface area contributed by atoms with Crippen LogP contribution in [0.15, 0.2) is 65.2 Å². The minimum absolute atomic E-state index is 0.0868. The fourth-order valence-electron chi connectivity index (χ4n) is 3.25. The Labute approximate surface area is 175 Å². The predicted octanol–water partition coefficient (Wildman–Crippen LogP) is 1.75. The van der Waals surface area contributed by atoms with Crippen LogP contribution in [0.4, 0.5) is 5.69 Å². The second-order valence-corrected chi connectivity index (χ2v) is 8.68. The summed E-state index contributed by atoms with van der Waals surface area (Å²) in [5, 5.41) is 2.54. The highest BCUT2D eigenvalue weighted by Gasteiger charge is 2.39. The van der Waals surface area contributed by atoms with Gasteiger partial charge in [0, 0.05) is 12.2 Å². The molecule has 1 aliphatic heterocycles. The van der Waals surface area contributed by atoms with E-state index >= 15 is 0 Å². The highest BCUT2D eigenvalue weighted by Crippen LogP contribution is 2.26. The van der Waals surface area contributed by atoms with Crippen molar-refractivity contribution in [3.63, 3.8) is 0 Å². The van der Waals surface area contributed by atoms with E-state index in [4.69, 9.17) is 10.5 Å². The second kappa shape index (κ2) is 9.10. The smallest absolute Gasteiger partial charge is 0.354 e. The lowest BCUT2D eigenvalue weighted by atomic mass is 10.1. The van der Waals surface area contributed by atoms with E-state index in [-0.39, 0.29) is 17.1 Å². The van der Waals surface area contributed by atoms with Crippen molar-refractivity contribution in [1.29, 1.82) is 0 Å². The molecule has 9 heteroatoms. The zero-order chi connectivity index (χ0) is 21.7. The van der Waals surface area contributed by atoms with Crippen LogP contribution < -0.4 is 11.1 Å². The average Bonchev–Trinajstić information content (AvgIpc) is 3.26. The van der Waals surface area contributed by atoms with E-state index < -0.39 is 27.9 Å². The molecule has 2 aromatic carbocycles. The number of rotatable bonds is 6. The van der Waals surface area contributed by atoms with Gasteiger partial charge in [0.2, 0.25) is 15.9 Å². The number of carbonyl (C=O) groups is 2. The summed E-state index contributed by atoms with van der Waals surface area (Å²) in [5.74, 6) is -1.32. The highest BCUT2D eigenvalue weighted by atomic mass is 32.2. The SMILES string of the molecule is COC(=O)/C(=C/c1ccc(N)cc1)NC(=O)[C@@H]1CCCN1S(=O)(=O)c1ccccc1. The molecular formula is C21H23N3O5S. The lowest BCUT2D eigenvalue weighted by molar-refractivity contribution is -0.138. The summed E-state index contributed by atoms with van der Waals surface area (Å²) >= 11 is 0. The van der Waals surface area contributed by atoms with E-state index in [9.17, 15) is 18.0 Å². The lowest BCUT2D eigenvalue weighted by Gasteiger charge is -2.23. The zero-order valence-electron chi connectivity index (χ0n) is 16.4. The monoisotopic (exact) mass is 429 g/mol. The van der Waals surface area contributed by atoms with Gasteiger partial charge in [0.1, 0.15) is 11.7 Å². The number of hydrogen-bond acceptors (Lipinski definition) is 6. The van der Waals surface area contributed by atoms with Gasteiger partial charge < -0.3 is 15.8 Å². The summed E-state index contributed by atoms with van der Waals surface area (Å²) in [6.07, 6.45) is 2.35. The third-order valence-corrected chi connectivity index (χ3v) is 6.69.